The summed E-state index contributed by atoms with van der Waals surface area (Å²) < 4.78 is 10.6. The Kier molecular flexibility index (Phi) is 7.97. The first-order chi connectivity index (χ1) is 14.6. The standard InChI is InChI=1S/C24H34N4O2/c1-18-10-12-28(13-11-18)17-21-7-5-4-6-20(21)16-27-24(25)26-15-19-8-9-22(29-2)23(14-19)30-3/h4-9,14,18H,10-13,15-17H2,1-3H3,(H3,25,26,27). The number of nitrogens with zero attached hydrogens (tertiary/aromatic N) is 2. The number of likely N-dealkylation sites (tertiary alicyclic amines) is 1. The number of hydrogen-bond acceptors (Lipinski definition) is 4. The Balaban J connectivity index is 1.56. The van der Waals surface area contributed by atoms with Gasteiger partial charge in [-0.05, 0) is 60.7 Å². The van der Waals surface area contributed by atoms with Gasteiger partial charge in [-0.1, -0.05) is 37.3 Å². The van der Waals surface area contributed by atoms with E-state index >= 15 is 0 Å². The summed E-state index contributed by atoms with van der Waals surface area (Å²) in [6, 6.07) is 14.3. The van der Waals surface area contributed by atoms with Gasteiger partial charge in [-0.15, -0.1) is 0 Å². The second-order valence-electron chi connectivity index (χ2n) is 7.97. The summed E-state index contributed by atoms with van der Waals surface area (Å²) in [5, 5.41) is 3.26. The molecule has 0 radical (unpaired) electrons. The van der Waals surface area contributed by atoms with Crippen LogP contribution in [0.25, 0.3) is 0 Å². The van der Waals surface area contributed by atoms with Crippen molar-refractivity contribution in [1.29, 1.82) is 0 Å². The monoisotopic (exact) mass is 410 g/mol. The van der Waals surface area contributed by atoms with Crippen LogP contribution in [0.2, 0.25) is 0 Å². The lowest BCUT2D eigenvalue weighted by atomic mass is 9.98. The van der Waals surface area contributed by atoms with E-state index in [1.54, 1.807) is 14.2 Å². The fourth-order valence-electron chi connectivity index (χ4n) is 3.74. The summed E-state index contributed by atoms with van der Waals surface area (Å²) in [7, 11) is 3.25. The average molecular weight is 411 g/mol. The second kappa shape index (κ2) is 10.9. The summed E-state index contributed by atoms with van der Waals surface area (Å²) in [4.78, 5) is 7.02. The molecule has 0 unspecified atom stereocenters. The summed E-state index contributed by atoms with van der Waals surface area (Å²) in [6.07, 6.45) is 2.58. The molecule has 3 N–H and O–H groups in total. The molecule has 1 fully saturated rings. The topological polar surface area (TPSA) is 72.1 Å². The zero-order valence-corrected chi connectivity index (χ0v) is 18.4. The molecular weight excluding hydrogens is 376 g/mol. The normalized spacial score (nSPS) is 15.8. The van der Waals surface area contributed by atoms with Gasteiger partial charge in [0.15, 0.2) is 17.5 Å². The molecule has 1 saturated heterocycles. The van der Waals surface area contributed by atoms with E-state index in [4.69, 9.17) is 15.2 Å². The van der Waals surface area contributed by atoms with Gasteiger partial charge in [0.1, 0.15) is 0 Å². The Labute approximate surface area is 180 Å². The molecule has 1 aliphatic rings. The molecule has 1 heterocycles. The van der Waals surface area contributed by atoms with Gasteiger partial charge in [-0.25, -0.2) is 4.99 Å². The first-order valence-corrected chi connectivity index (χ1v) is 10.6. The lowest BCUT2D eigenvalue weighted by Gasteiger charge is -2.30. The van der Waals surface area contributed by atoms with Crippen molar-refractivity contribution in [3.05, 3.63) is 59.2 Å². The highest BCUT2D eigenvalue weighted by Gasteiger charge is 2.16. The number of methoxy groups -OCH3 is 2. The van der Waals surface area contributed by atoms with Crippen LogP contribution in [0.1, 0.15) is 36.5 Å². The highest BCUT2D eigenvalue weighted by Crippen LogP contribution is 2.27. The Morgan fingerprint density at radius 1 is 1.07 bits per heavy atom. The van der Waals surface area contributed by atoms with Crippen LogP contribution in [0.5, 0.6) is 11.5 Å². The molecule has 0 aromatic heterocycles. The first kappa shape index (κ1) is 22.0. The van der Waals surface area contributed by atoms with Crippen molar-refractivity contribution in [1.82, 2.24) is 10.2 Å². The van der Waals surface area contributed by atoms with Gasteiger partial charge in [0.2, 0.25) is 0 Å². The zero-order valence-electron chi connectivity index (χ0n) is 18.4. The van der Waals surface area contributed by atoms with Gasteiger partial charge in [-0.2, -0.15) is 0 Å². The molecule has 0 atom stereocenters. The minimum absolute atomic E-state index is 0.436. The third-order valence-corrected chi connectivity index (χ3v) is 5.73. The Hall–Kier alpha value is -2.73. The van der Waals surface area contributed by atoms with E-state index in [-0.39, 0.29) is 0 Å². The molecule has 0 saturated carbocycles. The van der Waals surface area contributed by atoms with Gasteiger partial charge in [0.05, 0.1) is 20.8 Å². The van der Waals surface area contributed by atoms with E-state index in [2.05, 4.69) is 46.4 Å². The van der Waals surface area contributed by atoms with Crippen molar-refractivity contribution in [3.8, 4) is 11.5 Å². The summed E-state index contributed by atoms with van der Waals surface area (Å²) in [5.74, 6) is 2.68. The summed E-state index contributed by atoms with van der Waals surface area (Å²) in [5.41, 5.74) is 9.75. The number of nitrogens with two attached hydrogens (primary N) is 1. The second-order valence-corrected chi connectivity index (χ2v) is 7.97. The largest absolute Gasteiger partial charge is 0.493 e. The zero-order chi connectivity index (χ0) is 21.3. The van der Waals surface area contributed by atoms with Crippen LogP contribution in [0.3, 0.4) is 0 Å². The van der Waals surface area contributed by atoms with Crippen molar-refractivity contribution >= 4 is 5.96 Å². The third kappa shape index (κ3) is 6.13. The summed E-state index contributed by atoms with van der Waals surface area (Å²) in [6.45, 7) is 6.84. The molecule has 3 rings (SSSR count). The lowest BCUT2D eigenvalue weighted by molar-refractivity contribution is 0.185. The fourth-order valence-corrected chi connectivity index (χ4v) is 3.74. The van der Waals surface area contributed by atoms with Crippen LogP contribution in [-0.2, 0) is 19.6 Å². The van der Waals surface area contributed by atoms with Crippen molar-refractivity contribution < 1.29 is 9.47 Å². The highest BCUT2D eigenvalue weighted by molar-refractivity contribution is 5.77. The van der Waals surface area contributed by atoms with Crippen molar-refractivity contribution in [2.75, 3.05) is 27.3 Å². The van der Waals surface area contributed by atoms with Gasteiger partial charge in [0, 0.05) is 13.1 Å². The Morgan fingerprint density at radius 3 is 2.47 bits per heavy atom. The Morgan fingerprint density at radius 2 is 1.77 bits per heavy atom. The third-order valence-electron chi connectivity index (χ3n) is 5.73. The van der Waals surface area contributed by atoms with E-state index in [1.165, 1.54) is 37.1 Å². The van der Waals surface area contributed by atoms with Gasteiger partial charge in [0.25, 0.3) is 0 Å². The van der Waals surface area contributed by atoms with Crippen molar-refractivity contribution in [3.63, 3.8) is 0 Å². The molecule has 1 aliphatic heterocycles. The van der Waals surface area contributed by atoms with Gasteiger partial charge < -0.3 is 20.5 Å². The number of nitrogens with one attached hydrogen (secondary N) is 1. The van der Waals surface area contributed by atoms with Gasteiger partial charge >= 0.3 is 0 Å². The van der Waals surface area contributed by atoms with Gasteiger partial charge in [-0.3, -0.25) is 4.90 Å². The average Bonchev–Trinajstić information content (AvgIpc) is 2.78. The molecule has 6 heteroatoms. The smallest absolute Gasteiger partial charge is 0.189 e. The van der Waals surface area contributed by atoms with Crippen LogP contribution < -0.4 is 20.5 Å². The molecule has 0 amide bonds. The number of ether oxygens (including phenoxy) is 2. The predicted octanol–water partition coefficient (Wildman–Crippen LogP) is 3.54. The van der Waals surface area contributed by atoms with Crippen LogP contribution in [-0.4, -0.2) is 38.2 Å². The van der Waals surface area contributed by atoms with E-state index in [1.807, 2.05) is 18.2 Å². The summed E-state index contributed by atoms with van der Waals surface area (Å²) >= 11 is 0. The minimum atomic E-state index is 0.436. The number of aliphatic imine (C=N–C) groups is 1. The molecule has 0 bridgehead atoms. The van der Waals surface area contributed by atoms with Crippen molar-refractivity contribution in [2.24, 2.45) is 16.6 Å². The Bertz CT molecular complexity index is 845. The number of piperidine rings is 1. The van der Waals surface area contributed by atoms with Crippen LogP contribution in [0.4, 0.5) is 0 Å². The number of benzene rings is 2. The number of hydrogen-bond donors (Lipinski definition) is 2. The predicted molar refractivity (Wildman–Crippen MR) is 122 cm³/mol. The van der Waals surface area contributed by atoms with Crippen LogP contribution in [0.15, 0.2) is 47.5 Å². The maximum Gasteiger partial charge on any atom is 0.189 e. The molecule has 162 valence electrons. The van der Waals surface area contributed by atoms with E-state index in [0.29, 0.717) is 30.5 Å². The van der Waals surface area contributed by atoms with E-state index < -0.39 is 0 Å². The number of guanidine groups is 1. The van der Waals surface area contributed by atoms with Crippen LogP contribution >= 0.6 is 0 Å². The van der Waals surface area contributed by atoms with E-state index in [9.17, 15) is 0 Å². The van der Waals surface area contributed by atoms with Crippen LogP contribution in [0, 0.1) is 5.92 Å². The maximum atomic E-state index is 6.12. The molecule has 0 aliphatic carbocycles. The molecule has 2 aromatic rings. The number of rotatable bonds is 8. The highest BCUT2D eigenvalue weighted by atomic mass is 16.5. The molecule has 0 spiro atoms. The van der Waals surface area contributed by atoms with Crippen molar-refractivity contribution in [2.45, 2.75) is 39.4 Å². The first-order valence-electron chi connectivity index (χ1n) is 10.6. The fraction of sp³-hybridized carbons (Fsp3) is 0.458. The maximum absolute atomic E-state index is 6.12. The SMILES string of the molecule is COc1ccc(CN=C(N)NCc2ccccc2CN2CCC(C)CC2)cc1OC. The van der Waals surface area contributed by atoms with E-state index in [0.717, 1.165) is 18.0 Å². The minimum Gasteiger partial charge on any atom is -0.493 e. The quantitative estimate of drug-likeness (QED) is 0.514. The molecule has 2 aromatic carbocycles. The molecule has 6 nitrogen and oxygen atoms in total. The lowest BCUT2D eigenvalue weighted by Crippen LogP contribution is -2.34. The molecular formula is C24H34N4O2. The molecule has 30 heavy (non-hydrogen) atoms.